The molecule has 0 aliphatic carbocycles. The summed E-state index contributed by atoms with van der Waals surface area (Å²) in [6.45, 7) is 1.61. The number of benzene rings is 1. The fraction of sp³-hybridized carbons (Fsp3) is 0.250. The zero-order valence-electron chi connectivity index (χ0n) is 9.34. The largest absolute Gasteiger partial charge is 0.490 e. The first-order chi connectivity index (χ1) is 8.31. The molecule has 0 atom stereocenters. The number of rotatable bonds is 5. The average molecular weight is 252 g/mol. The van der Waals surface area contributed by atoms with Gasteiger partial charge in [-0.15, -0.1) is 0 Å². The van der Waals surface area contributed by atoms with Gasteiger partial charge >= 0.3 is 0 Å². The van der Waals surface area contributed by atoms with Crippen molar-refractivity contribution in [1.29, 1.82) is 0 Å². The smallest absolute Gasteiger partial charge is 0.142 e. The van der Waals surface area contributed by atoms with E-state index >= 15 is 0 Å². The molecule has 17 heavy (non-hydrogen) atoms. The Balaban J connectivity index is 1.98. The molecule has 1 aromatic heterocycles. The first kappa shape index (κ1) is 12.0. The van der Waals surface area contributed by atoms with Crippen molar-refractivity contribution in [3.05, 3.63) is 47.2 Å². The molecule has 2 rings (SSSR count). The molecule has 1 aromatic carbocycles. The highest BCUT2D eigenvalue weighted by Gasteiger charge is 2.06. The summed E-state index contributed by atoms with van der Waals surface area (Å²) in [5.41, 5.74) is 6.54. The minimum Gasteiger partial charge on any atom is -0.490 e. The number of halogens is 1. The lowest BCUT2D eigenvalue weighted by Crippen LogP contribution is -2.10. The summed E-state index contributed by atoms with van der Waals surface area (Å²) in [7, 11) is 0. The summed E-state index contributed by atoms with van der Waals surface area (Å²) in [5, 5.41) is 4.68. The van der Waals surface area contributed by atoms with Gasteiger partial charge in [0.1, 0.15) is 12.4 Å². The van der Waals surface area contributed by atoms with Crippen LogP contribution in [0.15, 0.2) is 36.7 Å². The lowest BCUT2D eigenvalue weighted by atomic mass is 10.2. The average Bonchev–Trinajstić information content (AvgIpc) is 2.84. The second-order valence-corrected chi connectivity index (χ2v) is 3.96. The van der Waals surface area contributed by atoms with Crippen molar-refractivity contribution < 1.29 is 4.74 Å². The van der Waals surface area contributed by atoms with E-state index in [0.29, 0.717) is 30.5 Å². The maximum atomic E-state index is 6.07. The molecule has 0 unspecified atom stereocenters. The van der Waals surface area contributed by atoms with Crippen LogP contribution in [0.1, 0.15) is 5.56 Å². The quantitative estimate of drug-likeness (QED) is 0.885. The van der Waals surface area contributed by atoms with E-state index in [9.17, 15) is 0 Å². The van der Waals surface area contributed by atoms with Gasteiger partial charge in [0.05, 0.1) is 11.6 Å². The Morgan fingerprint density at radius 2 is 2.24 bits per heavy atom. The molecule has 0 radical (unpaired) electrons. The maximum absolute atomic E-state index is 6.07. The van der Waals surface area contributed by atoms with Gasteiger partial charge < -0.3 is 10.5 Å². The number of nitrogens with zero attached hydrogens (tertiary/aromatic N) is 2. The van der Waals surface area contributed by atoms with E-state index in [0.717, 1.165) is 5.56 Å². The van der Waals surface area contributed by atoms with E-state index < -0.39 is 0 Å². The second kappa shape index (κ2) is 5.70. The maximum Gasteiger partial charge on any atom is 0.142 e. The van der Waals surface area contributed by atoms with Gasteiger partial charge in [-0.05, 0) is 12.1 Å². The van der Waals surface area contributed by atoms with E-state index in [-0.39, 0.29) is 0 Å². The Labute approximate surface area is 105 Å². The lowest BCUT2D eigenvalue weighted by Gasteiger charge is -2.11. The monoisotopic (exact) mass is 251 g/mol. The molecule has 0 saturated heterocycles. The van der Waals surface area contributed by atoms with Crippen LogP contribution in [0.5, 0.6) is 5.75 Å². The van der Waals surface area contributed by atoms with Crippen LogP contribution in [-0.2, 0) is 13.1 Å². The normalized spacial score (nSPS) is 10.5. The Bertz CT molecular complexity index is 471. The molecule has 0 fully saturated rings. The van der Waals surface area contributed by atoms with E-state index in [1.165, 1.54) is 0 Å². The highest BCUT2D eigenvalue weighted by Crippen LogP contribution is 2.28. The third kappa shape index (κ3) is 2.99. The third-order valence-corrected chi connectivity index (χ3v) is 2.69. The van der Waals surface area contributed by atoms with Crippen LogP contribution in [-0.4, -0.2) is 16.4 Å². The van der Waals surface area contributed by atoms with Crippen LogP contribution in [0, 0.1) is 0 Å². The predicted molar refractivity (Wildman–Crippen MR) is 67.1 cm³/mol. The van der Waals surface area contributed by atoms with Crippen LogP contribution >= 0.6 is 11.6 Å². The zero-order valence-corrected chi connectivity index (χ0v) is 10.1. The van der Waals surface area contributed by atoms with Crippen molar-refractivity contribution >= 4 is 11.6 Å². The molecule has 5 heteroatoms. The van der Waals surface area contributed by atoms with Gasteiger partial charge in [-0.1, -0.05) is 23.7 Å². The fourth-order valence-electron chi connectivity index (χ4n) is 1.55. The molecular weight excluding hydrogens is 238 g/mol. The lowest BCUT2D eigenvalue weighted by molar-refractivity contribution is 0.289. The molecule has 0 amide bonds. The van der Waals surface area contributed by atoms with Gasteiger partial charge in [0.15, 0.2) is 0 Å². The molecule has 2 aromatic rings. The topological polar surface area (TPSA) is 53.1 Å². The van der Waals surface area contributed by atoms with Crippen molar-refractivity contribution in [3.63, 3.8) is 0 Å². The molecular formula is C12H14ClN3O. The van der Waals surface area contributed by atoms with Gasteiger partial charge in [-0.2, -0.15) is 5.10 Å². The standard InChI is InChI=1S/C12H14ClN3O/c13-11-4-1-3-10(9-14)12(11)17-8-7-16-6-2-5-15-16/h1-6H,7-9,14H2. The van der Waals surface area contributed by atoms with Crippen LogP contribution in [0.25, 0.3) is 0 Å². The molecule has 0 aliphatic heterocycles. The minimum atomic E-state index is 0.414. The fourth-order valence-corrected chi connectivity index (χ4v) is 1.80. The van der Waals surface area contributed by atoms with Crippen LogP contribution in [0.2, 0.25) is 5.02 Å². The Morgan fingerprint density at radius 1 is 1.35 bits per heavy atom. The molecule has 2 N–H and O–H groups in total. The van der Waals surface area contributed by atoms with Crippen LogP contribution in [0.3, 0.4) is 0 Å². The zero-order chi connectivity index (χ0) is 12.1. The molecule has 0 aliphatic rings. The Morgan fingerprint density at radius 3 is 2.94 bits per heavy atom. The summed E-state index contributed by atoms with van der Waals surface area (Å²) in [6, 6.07) is 7.45. The number of hydrogen-bond acceptors (Lipinski definition) is 3. The number of ether oxygens (including phenoxy) is 1. The summed E-state index contributed by atoms with van der Waals surface area (Å²) in [4.78, 5) is 0. The molecule has 90 valence electrons. The highest BCUT2D eigenvalue weighted by molar-refractivity contribution is 6.32. The number of aromatic nitrogens is 2. The minimum absolute atomic E-state index is 0.414. The highest BCUT2D eigenvalue weighted by atomic mass is 35.5. The van der Waals surface area contributed by atoms with Crippen molar-refractivity contribution in [2.24, 2.45) is 5.73 Å². The van der Waals surface area contributed by atoms with Crippen molar-refractivity contribution in [2.45, 2.75) is 13.1 Å². The van der Waals surface area contributed by atoms with E-state index in [2.05, 4.69) is 5.10 Å². The number of nitrogens with two attached hydrogens (primary N) is 1. The third-order valence-electron chi connectivity index (χ3n) is 2.39. The first-order valence-electron chi connectivity index (χ1n) is 5.39. The Kier molecular flexibility index (Phi) is 4.01. The van der Waals surface area contributed by atoms with Crippen molar-refractivity contribution in [1.82, 2.24) is 9.78 Å². The predicted octanol–water partition coefficient (Wildman–Crippen LogP) is 2.07. The SMILES string of the molecule is NCc1cccc(Cl)c1OCCn1cccn1. The summed E-state index contributed by atoms with van der Waals surface area (Å²) >= 11 is 6.07. The first-order valence-corrected chi connectivity index (χ1v) is 5.76. The van der Waals surface area contributed by atoms with Gasteiger partial charge in [-0.25, -0.2) is 0 Å². The summed E-state index contributed by atoms with van der Waals surface area (Å²) in [5.74, 6) is 0.670. The van der Waals surface area contributed by atoms with E-state index in [4.69, 9.17) is 22.1 Å². The molecule has 0 bridgehead atoms. The number of para-hydroxylation sites is 1. The van der Waals surface area contributed by atoms with Crippen molar-refractivity contribution in [3.8, 4) is 5.75 Å². The number of hydrogen-bond donors (Lipinski definition) is 1. The van der Waals surface area contributed by atoms with E-state index in [1.54, 1.807) is 16.9 Å². The second-order valence-electron chi connectivity index (χ2n) is 3.55. The van der Waals surface area contributed by atoms with Crippen LogP contribution in [0.4, 0.5) is 0 Å². The molecule has 1 heterocycles. The van der Waals surface area contributed by atoms with Gasteiger partial charge in [0, 0.05) is 24.5 Å². The molecule has 0 spiro atoms. The van der Waals surface area contributed by atoms with Gasteiger partial charge in [-0.3, -0.25) is 4.68 Å². The van der Waals surface area contributed by atoms with Gasteiger partial charge in [0.25, 0.3) is 0 Å². The summed E-state index contributed by atoms with van der Waals surface area (Å²) in [6.07, 6.45) is 3.63. The molecule has 0 saturated carbocycles. The van der Waals surface area contributed by atoms with Crippen molar-refractivity contribution in [2.75, 3.05) is 6.61 Å². The van der Waals surface area contributed by atoms with Crippen LogP contribution < -0.4 is 10.5 Å². The van der Waals surface area contributed by atoms with E-state index in [1.807, 2.05) is 24.4 Å². The van der Waals surface area contributed by atoms with Gasteiger partial charge in [0.2, 0.25) is 0 Å². The summed E-state index contributed by atoms with van der Waals surface area (Å²) < 4.78 is 7.46. The Hall–Kier alpha value is -1.52. The molecule has 4 nitrogen and oxygen atoms in total.